The molecule has 1 N–H and O–H groups in total. The minimum absolute atomic E-state index is 0.105. The fraction of sp³-hybridized carbons (Fsp3) is 0.909. The Hall–Kier alpha value is -0.660. The van der Waals surface area contributed by atoms with Gasteiger partial charge in [-0.15, -0.1) is 0 Å². The molecule has 0 radical (unpaired) electrons. The first-order valence-corrected chi connectivity index (χ1v) is 7.82. The summed E-state index contributed by atoms with van der Waals surface area (Å²) >= 11 is 0. The highest BCUT2D eigenvalue weighted by Gasteiger charge is 2.40. The van der Waals surface area contributed by atoms with Crippen LogP contribution in [0.25, 0.3) is 0 Å². The molecule has 0 saturated carbocycles. The topological polar surface area (TPSA) is 77.9 Å². The summed E-state index contributed by atoms with van der Waals surface area (Å²) in [7, 11) is -3.47. The lowest BCUT2D eigenvalue weighted by Gasteiger charge is -2.37. The van der Waals surface area contributed by atoms with Crippen LogP contribution in [-0.4, -0.2) is 53.8 Å². The van der Waals surface area contributed by atoms with E-state index < -0.39 is 22.1 Å². The molecule has 0 aliphatic carbocycles. The van der Waals surface area contributed by atoms with Crippen molar-refractivity contribution in [3.63, 3.8) is 0 Å². The largest absolute Gasteiger partial charge is 0.481 e. The molecule has 0 aromatic carbocycles. The minimum Gasteiger partial charge on any atom is -0.481 e. The quantitative estimate of drug-likeness (QED) is 0.815. The van der Waals surface area contributed by atoms with E-state index in [1.165, 1.54) is 8.61 Å². The van der Waals surface area contributed by atoms with Gasteiger partial charge in [0.25, 0.3) is 10.2 Å². The highest BCUT2D eigenvalue weighted by Crippen LogP contribution is 2.27. The third-order valence-corrected chi connectivity index (χ3v) is 5.98. The van der Waals surface area contributed by atoms with Crippen LogP contribution in [0.4, 0.5) is 0 Å². The van der Waals surface area contributed by atoms with Crippen molar-refractivity contribution in [3.05, 3.63) is 0 Å². The van der Waals surface area contributed by atoms with Gasteiger partial charge in [-0.1, -0.05) is 0 Å². The molecule has 2 aliphatic heterocycles. The molecular weight excluding hydrogens is 256 g/mol. The molecule has 0 aromatic heterocycles. The Morgan fingerprint density at radius 1 is 1.22 bits per heavy atom. The summed E-state index contributed by atoms with van der Waals surface area (Å²) in [4.78, 5) is 11.0. The summed E-state index contributed by atoms with van der Waals surface area (Å²) in [6.07, 6.45) is 2.96. The van der Waals surface area contributed by atoms with Gasteiger partial charge < -0.3 is 5.11 Å². The van der Waals surface area contributed by atoms with Gasteiger partial charge in [0.1, 0.15) is 0 Å². The Morgan fingerprint density at radius 3 is 2.39 bits per heavy atom. The maximum Gasteiger partial charge on any atom is 0.307 e. The summed E-state index contributed by atoms with van der Waals surface area (Å²) in [6, 6.07) is -0.105. The van der Waals surface area contributed by atoms with Gasteiger partial charge in [0.15, 0.2) is 0 Å². The van der Waals surface area contributed by atoms with Crippen molar-refractivity contribution in [1.82, 2.24) is 8.61 Å². The highest BCUT2D eigenvalue weighted by molar-refractivity contribution is 7.86. The van der Waals surface area contributed by atoms with E-state index in [4.69, 9.17) is 5.11 Å². The lowest BCUT2D eigenvalue weighted by Crippen LogP contribution is -2.52. The van der Waals surface area contributed by atoms with Gasteiger partial charge in [0.05, 0.1) is 5.92 Å². The lowest BCUT2D eigenvalue weighted by atomic mass is 9.96. The van der Waals surface area contributed by atoms with Gasteiger partial charge in [0, 0.05) is 25.7 Å². The standard InChI is InChI=1S/C11H20N2O4S/c1-9-4-5-10(11(14)15)8-13(9)18(16,17)12-6-2-3-7-12/h9-10H,2-8H2,1H3,(H,14,15). The van der Waals surface area contributed by atoms with Crippen molar-refractivity contribution in [2.24, 2.45) is 5.92 Å². The first kappa shape index (κ1) is 13.8. The lowest BCUT2D eigenvalue weighted by molar-refractivity contribution is -0.143. The van der Waals surface area contributed by atoms with Crippen molar-refractivity contribution in [2.75, 3.05) is 19.6 Å². The van der Waals surface area contributed by atoms with Crippen LogP contribution in [0.3, 0.4) is 0 Å². The normalized spacial score (nSPS) is 31.6. The van der Waals surface area contributed by atoms with E-state index in [9.17, 15) is 13.2 Å². The number of aliphatic carboxylic acids is 1. The molecule has 2 saturated heterocycles. The first-order chi connectivity index (χ1) is 8.43. The van der Waals surface area contributed by atoms with E-state index >= 15 is 0 Å². The van der Waals surface area contributed by atoms with Gasteiger partial charge in [-0.25, -0.2) is 0 Å². The molecule has 7 heteroatoms. The predicted molar refractivity (Wildman–Crippen MR) is 66.3 cm³/mol. The Bertz CT molecular complexity index is 417. The number of carbonyl (C=O) groups is 1. The van der Waals surface area contributed by atoms with Crippen LogP contribution in [0.15, 0.2) is 0 Å². The Balaban J connectivity index is 2.16. The van der Waals surface area contributed by atoms with E-state index in [1.807, 2.05) is 6.92 Å². The molecule has 0 spiro atoms. The Morgan fingerprint density at radius 2 is 1.83 bits per heavy atom. The average molecular weight is 276 g/mol. The molecule has 18 heavy (non-hydrogen) atoms. The van der Waals surface area contributed by atoms with Crippen LogP contribution in [0, 0.1) is 5.92 Å². The van der Waals surface area contributed by atoms with Crippen molar-refractivity contribution >= 4 is 16.2 Å². The number of nitrogens with zero attached hydrogens (tertiary/aromatic N) is 2. The summed E-state index contributed by atoms with van der Waals surface area (Å²) in [5, 5.41) is 9.04. The molecule has 2 rings (SSSR count). The number of carboxylic acids is 1. The second-order valence-corrected chi connectivity index (χ2v) is 7.03. The van der Waals surface area contributed by atoms with E-state index in [0.29, 0.717) is 25.9 Å². The molecule has 0 aromatic rings. The molecule has 6 nitrogen and oxygen atoms in total. The fourth-order valence-corrected chi connectivity index (χ4v) is 4.61. The number of hydrogen-bond donors (Lipinski definition) is 1. The monoisotopic (exact) mass is 276 g/mol. The van der Waals surface area contributed by atoms with Crippen LogP contribution >= 0.6 is 0 Å². The Labute approximate surface area is 108 Å². The van der Waals surface area contributed by atoms with Gasteiger partial charge in [-0.05, 0) is 32.6 Å². The van der Waals surface area contributed by atoms with Crippen molar-refractivity contribution in [3.8, 4) is 0 Å². The van der Waals surface area contributed by atoms with Gasteiger partial charge in [0.2, 0.25) is 0 Å². The molecule has 2 fully saturated rings. The fourth-order valence-electron chi connectivity index (χ4n) is 2.67. The SMILES string of the molecule is CC1CCC(C(=O)O)CN1S(=O)(=O)N1CCCC1. The molecule has 2 atom stereocenters. The molecule has 0 bridgehead atoms. The van der Waals surface area contributed by atoms with Crippen molar-refractivity contribution in [1.29, 1.82) is 0 Å². The second kappa shape index (κ2) is 5.14. The third kappa shape index (κ3) is 2.53. The zero-order valence-corrected chi connectivity index (χ0v) is 11.4. The minimum atomic E-state index is -3.47. The molecule has 104 valence electrons. The molecule has 2 unspecified atom stereocenters. The summed E-state index contributed by atoms with van der Waals surface area (Å²) in [5.74, 6) is -1.47. The molecule has 0 amide bonds. The summed E-state index contributed by atoms with van der Waals surface area (Å²) < 4.78 is 27.7. The predicted octanol–water partition coefficient (Wildman–Crippen LogP) is 0.512. The van der Waals surface area contributed by atoms with E-state index in [1.54, 1.807) is 0 Å². The van der Waals surface area contributed by atoms with E-state index in [-0.39, 0.29) is 12.6 Å². The van der Waals surface area contributed by atoms with Crippen molar-refractivity contribution < 1.29 is 18.3 Å². The maximum atomic E-state index is 12.4. The first-order valence-electron chi connectivity index (χ1n) is 6.42. The summed E-state index contributed by atoms with van der Waals surface area (Å²) in [5.41, 5.74) is 0. The van der Waals surface area contributed by atoms with Crippen LogP contribution in [-0.2, 0) is 15.0 Å². The van der Waals surface area contributed by atoms with Crippen LogP contribution in [0.5, 0.6) is 0 Å². The summed E-state index contributed by atoms with van der Waals surface area (Å²) in [6.45, 7) is 3.08. The zero-order chi connectivity index (χ0) is 13.3. The third-order valence-electron chi connectivity index (χ3n) is 3.86. The van der Waals surface area contributed by atoms with Crippen LogP contribution in [0.2, 0.25) is 0 Å². The Kier molecular flexibility index (Phi) is 3.93. The highest BCUT2D eigenvalue weighted by atomic mass is 32.2. The number of piperidine rings is 1. The smallest absolute Gasteiger partial charge is 0.307 e. The average Bonchev–Trinajstić information content (AvgIpc) is 2.82. The van der Waals surface area contributed by atoms with Crippen LogP contribution in [0.1, 0.15) is 32.6 Å². The van der Waals surface area contributed by atoms with Gasteiger partial charge in [-0.2, -0.15) is 17.0 Å². The van der Waals surface area contributed by atoms with Crippen LogP contribution < -0.4 is 0 Å². The van der Waals surface area contributed by atoms with Gasteiger partial charge >= 0.3 is 5.97 Å². The van der Waals surface area contributed by atoms with Crippen molar-refractivity contribution in [2.45, 2.75) is 38.6 Å². The number of hydrogen-bond acceptors (Lipinski definition) is 3. The molecule has 2 aliphatic rings. The zero-order valence-electron chi connectivity index (χ0n) is 10.6. The van der Waals surface area contributed by atoms with Gasteiger partial charge in [-0.3, -0.25) is 4.79 Å². The number of carboxylic acid groups (broad SMARTS) is 1. The molecule has 2 heterocycles. The maximum absolute atomic E-state index is 12.4. The van der Waals surface area contributed by atoms with E-state index in [0.717, 1.165) is 12.8 Å². The number of rotatable bonds is 3. The molecular formula is C11H20N2O4S. The van der Waals surface area contributed by atoms with E-state index in [2.05, 4.69) is 0 Å². The second-order valence-electron chi connectivity index (χ2n) is 5.15.